The maximum atomic E-state index is 12.6. The summed E-state index contributed by atoms with van der Waals surface area (Å²) in [6.45, 7) is 6.25. The van der Waals surface area contributed by atoms with Crippen LogP contribution in [0.4, 0.5) is 10.7 Å². The number of benzene rings is 2. The van der Waals surface area contributed by atoms with Crippen molar-refractivity contribution in [1.82, 2.24) is 0 Å². The van der Waals surface area contributed by atoms with Crippen LogP contribution in [0.25, 0.3) is 11.1 Å². The van der Waals surface area contributed by atoms with Crippen molar-refractivity contribution < 1.29 is 9.72 Å². The van der Waals surface area contributed by atoms with Gasteiger partial charge in [-0.1, -0.05) is 38.1 Å². The molecule has 0 unspecified atom stereocenters. The average molecular weight is 420 g/mol. The van der Waals surface area contributed by atoms with Gasteiger partial charge in [0.05, 0.1) is 10.5 Å². The summed E-state index contributed by atoms with van der Waals surface area (Å²) in [4.78, 5) is 23.8. The molecule has 0 fully saturated rings. The molecule has 0 saturated heterocycles. The number of anilines is 1. The first-order valence-corrected chi connectivity index (χ1v) is 10.4. The van der Waals surface area contributed by atoms with Gasteiger partial charge >= 0.3 is 0 Å². The average Bonchev–Trinajstić information content (AvgIpc) is 3.07. The molecule has 0 aliphatic heterocycles. The molecule has 1 amide bonds. The fourth-order valence-electron chi connectivity index (χ4n) is 3.21. The van der Waals surface area contributed by atoms with Gasteiger partial charge in [-0.25, -0.2) is 0 Å². The predicted molar refractivity (Wildman–Crippen MR) is 119 cm³/mol. The summed E-state index contributed by atoms with van der Waals surface area (Å²) >= 11 is 1.34. The molecule has 0 bridgehead atoms. The zero-order valence-electron chi connectivity index (χ0n) is 16.9. The lowest BCUT2D eigenvalue weighted by molar-refractivity contribution is -0.384. The van der Waals surface area contributed by atoms with Crippen molar-refractivity contribution in [2.45, 2.75) is 33.1 Å². The molecule has 2 aromatic carbocycles. The highest BCUT2D eigenvalue weighted by Gasteiger charge is 2.20. The Balaban J connectivity index is 1.90. The highest BCUT2D eigenvalue weighted by Crippen LogP contribution is 2.40. The highest BCUT2D eigenvalue weighted by molar-refractivity contribution is 7.17. The van der Waals surface area contributed by atoms with Gasteiger partial charge in [0.15, 0.2) is 0 Å². The van der Waals surface area contributed by atoms with E-state index in [4.69, 9.17) is 0 Å². The molecule has 1 aromatic heterocycles. The van der Waals surface area contributed by atoms with E-state index in [1.54, 1.807) is 0 Å². The molecule has 30 heavy (non-hydrogen) atoms. The number of carbonyl (C=O) groups excluding carboxylic acids is 1. The van der Waals surface area contributed by atoms with E-state index >= 15 is 0 Å². The zero-order valence-corrected chi connectivity index (χ0v) is 17.7. The number of amides is 1. The van der Waals surface area contributed by atoms with E-state index in [0.29, 0.717) is 16.5 Å². The van der Waals surface area contributed by atoms with Crippen LogP contribution in [0.2, 0.25) is 0 Å². The molecule has 1 N–H and O–H groups in total. The molecule has 6 nitrogen and oxygen atoms in total. The van der Waals surface area contributed by atoms with Gasteiger partial charge in [-0.3, -0.25) is 14.9 Å². The lowest BCUT2D eigenvalue weighted by Crippen LogP contribution is -2.11. The fraction of sp³-hybridized carbons (Fsp3) is 0.217. The number of rotatable bonds is 6. The van der Waals surface area contributed by atoms with Crippen molar-refractivity contribution in [3.05, 3.63) is 80.2 Å². The molecule has 7 heteroatoms. The Morgan fingerprint density at radius 2 is 1.83 bits per heavy atom. The van der Waals surface area contributed by atoms with E-state index in [1.807, 2.05) is 19.1 Å². The number of thiophene rings is 1. The van der Waals surface area contributed by atoms with Crippen LogP contribution in [0.15, 0.2) is 48.5 Å². The first-order valence-electron chi connectivity index (χ1n) is 9.55. The fourth-order valence-corrected chi connectivity index (χ4v) is 4.23. The predicted octanol–water partition coefficient (Wildman–Crippen LogP) is 6.27. The Hall–Kier alpha value is -3.50. The summed E-state index contributed by atoms with van der Waals surface area (Å²) in [5.74, 6) is 0.0518. The van der Waals surface area contributed by atoms with Gasteiger partial charge in [-0.15, -0.1) is 11.3 Å². The summed E-state index contributed by atoms with van der Waals surface area (Å²) in [5, 5.41) is 23.8. The van der Waals surface area contributed by atoms with Crippen molar-refractivity contribution in [1.29, 1.82) is 5.26 Å². The second kappa shape index (κ2) is 8.89. The van der Waals surface area contributed by atoms with Gasteiger partial charge < -0.3 is 5.32 Å². The van der Waals surface area contributed by atoms with Crippen LogP contribution in [-0.4, -0.2) is 10.8 Å². The Morgan fingerprint density at radius 3 is 2.37 bits per heavy atom. The number of nitriles is 1. The molecule has 0 aliphatic carbocycles. The molecule has 1 atom stereocenters. The topological polar surface area (TPSA) is 96.0 Å². The van der Waals surface area contributed by atoms with Gasteiger partial charge in [0, 0.05) is 28.1 Å². The Labute approximate surface area is 178 Å². The molecule has 0 aliphatic rings. The van der Waals surface area contributed by atoms with E-state index in [1.165, 1.54) is 41.2 Å². The first kappa shape index (κ1) is 21.2. The molecule has 0 spiro atoms. The van der Waals surface area contributed by atoms with Crippen LogP contribution in [0, 0.1) is 28.4 Å². The van der Waals surface area contributed by atoms with E-state index < -0.39 is 10.8 Å². The third-order valence-electron chi connectivity index (χ3n) is 5.14. The monoisotopic (exact) mass is 419 g/mol. The van der Waals surface area contributed by atoms with Gasteiger partial charge in [0.2, 0.25) is 0 Å². The van der Waals surface area contributed by atoms with Crippen LogP contribution in [0.5, 0.6) is 0 Å². The number of non-ortho nitro benzene ring substituents is 1. The largest absolute Gasteiger partial charge is 0.312 e. The van der Waals surface area contributed by atoms with Crippen molar-refractivity contribution in [3.63, 3.8) is 0 Å². The van der Waals surface area contributed by atoms with Gasteiger partial charge in [-0.2, -0.15) is 5.26 Å². The lowest BCUT2D eigenvalue weighted by atomic mass is 9.95. The summed E-state index contributed by atoms with van der Waals surface area (Å²) in [6.07, 6.45) is 1.05. The molecular weight excluding hydrogens is 398 g/mol. The minimum absolute atomic E-state index is 0.0839. The number of hydrogen-bond donors (Lipinski definition) is 1. The number of aryl methyl sites for hydroxylation is 1. The summed E-state index contributed by atoms with van der Waals surface area (Å²) in [7, 11) is 0. The number of carbonyl (C=O) groups is 1. The van der Waals surface area contributed by atoms with Crippen LogP contribution in [-0.2, 0) is 0 Å². The molecule has 0 saturated carbocycles. The van der Waals surface area contributed by atoms with E-state index in [9.17, 15) is 20.2 Å². The summed E-state index contributed by atoms with van der Waals surface area (Å²) in [5.41, 5.74) is 3.62. The van der Waals surface area contributed by atoms with Gasteiger partial charge in [0.25, 0.3) is 11.6 Å². The number of nitro benzene ring substituents is 1. The van der Waals surface area contributed by atoms with E-state index in [-0.39, 0.29) is 11.3 Å². The number of nitro groups is 1. The van der Waals surface area contributed by atoms with Gasteiger partial charge in [-0.05, 0) is 42.5 Å². The summed E-state index contributed by atoms with van der Waals surface area (Å²) < 4.78 is 0. The second-order valence-corrected chi connectivity index (χ2v) is 8.26. The number of nitrogens with one attached hydrogen (secondary N) is 1. The van der Waals surface area contributed by atoms with Crippen molar-refractivity contribution >= 4 is 27.9 Å². The van der Waals surface area contributed by atoms with E-state index in [2.05, 4.69) is 37.4 Å². The van der Waals surface area contributed by atoms with Crippen molar-refractivity contribution in [3.8, 4) is 17.2 Å². The molecule has 152 valence electrons. The van der Waals surface area contributed by atoms with Crippen molar-refractivity contribution in [2.75, 3.05) is 5.32 Å². The number of nitrogens with zero attached hydrogens (tertiary/aromatic N) is 2. The Kier molecular flexibility index (Phi) is 6.28. The molecule has 3 aromatic rings. The van der Waals surface area contributed by atoms with Crippen LogP contribution in [0.1, 0.15) is 52.5 Å². The third kappa shape index (κ3) is 4.24. The maximum absolute atomic E-state index is 12.6. The normalized spacial score (nSPS) is 11.5. The van der Waals surface area contributed by atoms with E-state index in [0.717, 1.165) is 22.4 Å². The smallest absolute Gasteiger partial charge is 0.269 e. The standard InChI is InChI=1S/C23H21N3O3S/c1-4-14(2)16-5-7-17(8-6-16)21-15(3)30-23(20(21)13-24)25-22(27)18-9-11-19(12-10-18)26(28)29/h5-12,14H,4H2,1-3H3,(H,25,27)/t14-/m1/s1. The van der Waals surface area contributed by atoms with Crippen LogP contribution < -0.4 is 5.32 Å². The minimum atomic E-state index is -0.517. The minimum Gasteiger partial charge on any atom is -0.312 e. The molecular formula is C23H21N3O3S. The maximum Gasteiger partial charge on any atom is 0.269 e. The SMILES string of the molecule is CC[C@@H](C)c1ccc(-c2c(C)sc(NC(=O)c3ccc([N+](=O)[O-])cc3)c2C#N)cc1. The Morgan fingerprint density at radius 1 is 1.20 bits per heavy atom. The zero-order chi connectivity index (χ0) is 21.8. The van der Waals surface area contributed by atoms with Gasteiger partial charge in [0.1, 0.15) is 11.1 Å². The number of hydrogen-bond acceptors (Lipinski definition) is 5. The Bertz CT molecular complexity index is 1130. The van der Waals surface area contributed by atoms with Crippen LogP contribution in [0.3, 0.4) is 0 Å². The molecule has 1 heterocycles. The third-order valence-corrected chi connectivity index (χ3v) is 6.16. The summed E-state index contributed by atoms with van der Waals surface area (Å²) in [6, 6.07) is 15.8. The quantitative estimate of drug-likeness (QED) is 0.376. The lowest BCUT2D eigenvalue weighted by Gasteiger charge is -2.10. The first-order chi connectivity index (χ1) is 14.3. The molecule has 3 rings (SSSR count). The van der Waals surface area contributed by atoms with Crippen molar-refractivity contribution in [2.24, 2.45) is 0 Å². The van der Waals surface area contributed by atoms with Crippen LogP contribution >= 0.6 is 11.3 Å². The second-order valence-electron chi connectivity index (χ2n) is 7.04. The molecule has 0 radical (unpaired) electrons. The highest BCUT2D eigenvalue weighted by atomic mass is 32.1.